The Balaban J connectivity index is 1.25. The van der Waals surface area contributed by atoms with Crippen molar-refractivity contribution < 1.29 is 0 Å². The number of aromatic amines is 1. The first-order valence-electron chi connectivity index (χ1n) is 14.1. The van der Waals surface area contributed by atoms with Gasteiger partial charge in [-0.25, -0.2) is 4.98 Å². The summed E-state index contributed by atoms with van der Waals surface area (Å²) in [6.07, 6.45) is 6.27. The lowest BCUT2D eigenvalue weighted by Gasteiger charge is -2.24. The first kappa shape index (κ1) is 24.1. The molecule has 6 aromatic rings. The molecule has 8 rings (SSSR count). The Kier molecular flexibility index (Phi) is 5.21. The molecule has 0 unspecified atom stereocenters. The van der Waals surface area contributed by atoms with E-state index >= 15 is 0 Å². The van der Waals surface area contributed by atoms with Crippen molar-refractivity contribution in [2.75, 3.05) is 19.3 Å². The van der Waals surface area contributed by atoms with Crippen molar-refractivity contribution in [1.82, 2.24) is 34.2 Å². The Labute approximate surface area is 236 Å². The molecule has 2 aliphatic rings. The minimum absolute atomic E-state index is 0.0303. The van der Waals surface area contributed by atoms with Crippen LogP contribution in [0.2, 0.25) is 0 Å². The van der Waals surface area contributed by atoms with Crippen molar-refractivity contribution in [3.05, 3.63) is 88.1 Å². The molecule has 5 heterocycles. The predicted molar refractivity (Wildman–Crippen MR) is 161 cm³/mol. The fraction of sp³-hybridized carbons (Fsp3) is 0.250. The quantitative estimate of drug-likeness (QED) is 0.324. The molecule has 3 N–H and O–H groups in total. The maximum atomic E-state index is 13.7. The lowest BCUT2D eigenvalue weighted by atomic mass is 10.0. The van der Waals surface area contributed by atoms with Crippen molar-refractivity contribution in [2.24, 2.45) is 0 Å². The number of nitrogen functional groups attached to an aromatic ring is 1. The smallest absolute Gasteiger partial charge is 0.262 e. The largest absolute Gasteiger partial charge is 0.368 e. The molecule has 9 heteroatoms. The minimum Gasteiger partial charge on any atom is -0.368 e. The molecule has 204 valence electrons. The molecule has 1 aliphatic carbocycles. The first-order valence-corrected chi connectivity index (χ1v) is 14.1. The number of hydrogen-bond acceptors (Lipinski definition) is 6. The number of nitrogens with zero attached hydrogens (tertiary/aromatic N) is 6. The Morgan fingerprint density at radius 1 is 1.00 bits per heavy atom. The SMILES string of the molecule is Cc1c(-c2nc(N)nc3[nH]c(-c4cnn5c4CN(C)CC5)cc23)cccc1-n1ccc2cc(C3CC3)ccc2c1=O. The van der Waals surface area contributed by atoms with Crippen molar-refractivity contribution >= 4 is 27.8 Å². The highest BCUT2D eigenvalue weighted by molar-refractivity contribution is 5.96. The van der Waals surface area contributed by atoms with E-state index in [4.69, 9.17) is 10.7 Å². The molecule has 4 aromatic heterocycles. The van der Waals surface area contributed by atoms with Crippen molar-refractivity contribution in [1.29, 1.82) is 0 Å². The zero-order valence-corrected chi connectivity index (χ0v) is 23.1. The molecule has 0 saturated heterocycles. The summed E-state index contributed by atoms with van der Waals surface area (Å²) in [5.74, 6) is 0.838. The Bertz CT molecular complexity index is 2060. The third kappa shape index (κ3) is 3.88. The third-order valence-corrected chi connectivity index (χ3v) is 8.65. The number of fused-ring (bicyclic) bond motifs is 3. The van der Waals surface area contributed by atoms with Gasteiger partial charge >= 0.3 is 0 Å². The van der Waals surface area contributed by atoms with Gasteiger partial charge in [-0.2, -0.15) is 10.1 Å². The van der Waals surface area contributed by atoms with E-state index in [0.717, 1.165) is 69.6 Å². The van der Waals surface area contributed by atoms with Crippen LogP contribution in [0, 0.1) is 6.92 Å². The summed E-state index contributed by atoms with van der Waals surface area (Å²) in [5.41, 5.74) is 14.7. The molecular weight excluding hydrogens is 512 g/mol. The molecule has 0 atom stereocenters. The minimum atomic E-state index is -0.0303. The van der Waals surface area contributed by atoms with E-state index in [9.17, 15) is 4.79 Å². The van der Waals surface area contributed by atoms with Crippen LogP contribution in [0.25, 0.3) is 50.0 Å². The topological polar surface area (TPSA) is 111 Å². The van der Waals surface area contributed by atoms with Gasteiger partial charge in [0, 0.05) is 41.2 Å². The number of hydrogen-bond donors (Lipinski definition) is 2. The van der Waals surface area contributed by atoms with Crippen LogP contribution < -0.4 is 11.3 Å². The number of nitrogens with two attached hydrogens (primary N) is 1. The summed E-state index contributed by atoms with van der Waals surface area (Å²) in [7, 11) is 2.12. The van der Waals surface area contributed by atoms with Gasteiger partial charge in [0.2, 0.25) is 5.95 Å². The zero-order chi connectivity index (χ0) is 27.8. The van der Waals surface area contributed by atoms with Crippen LogP contribution in [-0.4, -0.2) is 47.8 Å². The molecule has 1 saturated carbocycles. The maximum Gasteiger partial charge on any atom is 0.262 e. The molecule has 0 spiro atoms. The maximum absolute atomic E-state index is 13.7. The molecule has 9 nitrogen and oxygen atoms in total. The van der Waals surface area contributed by atoms with E-state index in [2.05, 4.69) is 49.9 Å². The number of likely N-dealkylation sites (N-methyl/N-ethyl adjacent to an activating group) is 1. The number of pyridine rings is 1. The number of benzene rings is 2. The van der Waals surface area contributed by atoms with E-state index in [1.807, 2.05) is 49.6 Å². The molecule has 0 amide bonds. The predicted octanol–water partition coefficient (Wildman–Crippen LogP) is 5.01. The first-order chi connectivity index (χ1) is 19.9. The second-order valence-electron chi connectivity index (χ2n) is 11.4. The van der Waals surface area contributed by atoms with E-state index < -0.39 is 0 Å². The summed E-state index contributed by atoms with van der Waals surface area (Å²) >= 11 is 0. The van der Waals surface area contributed by atoms with E-state index in [0.29, 0.717) is 11.6 Å². The lowest BCUT2D eigenvalue weighted by Crippen LogP contribution is -2.30. The third-order valence-electron chi connectivity index (χ3n) is 8.65. The molecular formula is C32H30N8O. The van der Waals surface area contributed by atoms with Crippen molar-refractivity contribution in [3.8, 4) is 28.2 Å². The van der Waals surface area contributed by atoms with Crippen LogP contribution in [-0.2, 0) is 13.1 Å². The van der Waals surface area contributed by atoms with Gasteiger partial charge < -0.3 is 10.7 Å². The Hall–Kier alpha value is -4.76. The Morgan fingerprint density at radius 3 is 2.73 bits per heavy atom. The van der Waals surface area contributed by atoms with Crippen LogP contribution in [0.15, 0.2) is 65.7 Å². The van der Waals surface area contributed by atoms with E-state index in [-0.39, 0.29) is 11.5 Å². The second-order valence-corrected chi connectivity index (χ2v) is 11.4. The highest BCUT2D eigenvalue weighted by Crippen LogP contribution is 2.41. The summed E-state index contributed by atoms with van der Waals surface area (Å²) in [6.45, 7) is 4.70. The van der Waals surface area contributed by atoms with Gasteiger partial charge in [0.05, 0.1) is 35.5 Å². The van der Waals surface area contributed by atoms with Crippen LogP contribution >= 0.6 is 0 Å². The van der Waals surface area contributed by atoms with Gasteiger partial charge in [-0.05, 0) is 73.5 Å². The van der Waals surface area contributed by atoms with E-state index in [1.54, 1.807) is 4.57 Å². The highest BCUT2D eigenvalue weighted by Gasteiger charge is 2.24. The summed E-state index contributed by atoms with van der Waals surface area (Å²) in [6, 6.07) is 16.3. The monoisotopic (exact) mass is 542 g/mol. The van der Waals surface area contributed by atoms with Crippen molar-refractivity contribution in [2.45, 2.75) is 38.8 Å². The number of H-pyrrole nitrogens is 1. The van der Waals surface area contributed by atoms with Crippen LogP contribution in [0.5, 0.6) is 0 Å². The molecule has 41 heavy (non-hydrogen) atoms. The molecule has 2 aromatic carbocycles. The summed E-state index contributed by atoms with van der Waals surface area (Å²) < 4.78 is 3.81. The van der Waals surface area contributed by atoms with Gasteiger partial charge in [-0.1, -0.05) is 24.3 Å². The number of aromatic nitrogens is 6. The second kappa shape index (κ2) is 8.87. The van der Waals surface area contributed by atoms with Gasteiger partial charge in [-0.15, -0.1) is 0 Å². The van der Waals surface area contributed by atoms with Gasteiger partial charge in [0.15, 0.2) is 0 Å². The molecule has 1 fully saturated rings. The zero-order valence-electron chi connectivity index (χ0n) is 23.1. The molecule has 0 bridgehead atoms. The van der Waals surface area contributed by atoms with E-state index in [1.165, 1.54) is 24.1 Å². The molecule has 0 radical (unpaired) electrons. The summed E-state index contributed by atoms with van der Waals surface area (Å²) in [4.78, 5) is 28.6. The van der Waals surface area contributed by atoms with Gasteiger partial charge in [0.1, 0.15) is 5.65 Å². The average molecular weight is 543 g/mol. The average Bonchev–Trinajstić information content (AvgIpc) is 3.61. The van der Waals surface area contributed by atoms with Crippen LogP contribution in [0.1, 0.15) is 35.6 Å². The number of rotatable bonds is 4. The summed E-state index contributed by atoms with van der Waals surface area (Å²) in [5, 5.41) is 7.20. The fourth-order valence-corrected chi connectivity index (χ4v) is 6.24. The Morgan fingerprint density at radius 2 is 1.88 bits per heavy atom. The lowest BCUT2D eigenvalue weighted by molar-refractivity contribution is 0.259. The number of anilines is 1. The molecule has 1 aliphatic heterocycles. The number of nitrogens with one attached hydrogen (secondary N) is 1. The van der Waals surface area contributed by atoms with Gasteiger partial charge in [-0.3, -0.25) is 18.9 Å². The van der Waals surface area contributed by atoms with Crippen molar-refractivity contribution in [3.63, 3.8) is 0 Å². The standard InChI is InChI=1S/C32H30N8O/c1-18-22(4-3-5-27(18)39-11-10-21-14-20(19-6-7-19)8-9-23(21)31(39)41)29-24-15-26(35-30(24)37-32(33)36-29)25-16-34-40-13-12-38(2)17-28(25)40/h3-5,8-11,14-16,19H,6-7,12-13,17H2,1-2H3,(H3,33,35,36,37). The highest BCUT2D eigenvalue weighted by atomic mass is 16.1. The van der Waals surface area contributed by atoms with Crippen LogP contribution in [0.3, 0.4) is 0 Å². The fourth-order valence-electron chi connectivity index (χ4n) is 6.24. The van der Waals surface area contributed by atoms with Crippen LogP contribution in [0.4, 0.5) is 5.95 Å². The normalized spacial score (nSPS) is 15.6. The van der Waals surface area contributed by atoms with Gasteiger partial charge in [0.25, 0.3) is 5.56 Å².